The fourth-order valence-corrected chi connectivity index (χ4v) is 4.23. The van der Waals surface area contributed by atoms with E-state index in [-0.39, 0.29) is 18.4 Å². The van der Waals surface area contributed by atoms with E-state index in [0.717, 1.165) is 25.1 Å². The van der Waals surface area contributed by atoms with E-state index < -0.39 is 9.84 Å². The molecule has 1 aromatic carbocycles. The van der Waals surface area contributed by atoms with Crippen molar-refractivity contribution in [2.45, 2.75) is 37.1 Å². The third kappa shape index (κ3) is 2.92. The second kappa shape index (κ2) is 5.92. The number of anilines is 1. The summed E-state index contributed by atoms with van der Waals surface area (Å²) in [7, 11) is -3.23. The first-order chi connectivity index (χ1) is 9.10. The van der Waals surface area contributed by atoms with Crippen molar-refractivity contribution in [3.8, 4) is 0 Å². The third-order valence-electron chi connectivity index (χ3n) is 3.57. The standard InChI is InChI=1S/C14H21NO3S/c1-2-10-19(17,18)14-8-4-3-7-13(14)15-9-5-6-12(15)11-16/h3-4,7-8,12,16H,2,5-6,9-11H2,1H3. The van der Waals surface area contributed by atoms with Gasteiger partial charge in [-0.05, 0) is 31.4 Å². The van der Waals surface area contributed by atoms with Gasteiger partial charge in [-0.1, -0.05) is 19.1 Å². The van der Waals surface area contributed by atoms with Crippen LogP contribution in [0.1, 0.15) is 26.2 Å². The number of rotatable bonds is 5. The zero-order valence-corrected chi connectivity index (χ0v) is 12.1. The average molecular weight is 283 g/mol. The number of para-hydroxylation sites is 1. The van der Waals surface area contributed by atoms with Crippen molar-refractivity contribution in [1.82, 2.24) is 0 Å². The molecule has 0 spiro atoms. The van der Waals surface area contributed by atoms with Crippen LogP contribution in [0.3, 0.4) is 0 Å². The topological polar surface area (TPSA) is 57.6 Å². The van der Waals surface area contributed by atoms with Crippen molar-refractivity contribution in [3.63, 3.8) is 0 Å². The molecular formula is C14H21NO3S. The van der Waals surface area contributed by atoms with Crippen LogP contribution in [0.15, 0.2) is 29.2 Å². The molecule has 19 heavy (non-hydrogen) atoms. The first kappa shape index (κ1) is 14.3. The van der Waals surface area contributed by atoms with Gasteiger partial charge in [0.25, 0.3) is 0 Å². The van der Waals surface area contributed by atoms with Gasteiger partial charge in [0.05, 0.1) is 29.0 Å². The summed E-state index contributed by atoms with van der Waals surface area (Å²) in [5, 5.41) is 9.40. The average Bonchev–Trinajstić information content (AvgIpc) is 2.87. The van der Waals surface area contributed by atoms with E-state index in [1.807, 2.05) is 24.0 Å². The Kier molecular flexibility index (Phi) is 4.47. The largest absolute Gasteiger partial charge is 0.394 e. The lowest BCUT2D eigenvalue weighted by Gasteiger charge is -2.27. The SMILES string of the molecule is CCCS(=O)(=O)c1ccccc1N1CCCC1CO. The van der Waals surface area contributed by atoms with Crippen molar-refractivity contribution in [2.24, 2.45) is 0 Å². The van der Waals surface area contributed by atoms with E-state index in [9.17, 15) is 13.5 Å². The van der Waals surface area contributed by atoms with E-state index in [1.54, 1.807) is 12.1 Å². The normalized spacial score (nSPS) is 19.9. The van der Waals surface area contributed by atoms with Crippen molar-refractivity contribution >= 4 is 15.5 Å². The van der Waals surface area contributed by atoms with Crippen molar-refractivity contribution in [1.29, 1.82) is 0 Å². The number of sulfone groups is 1. The predicted octanol–water partition coefficient (Wildman–Crippen LogP) is 1.83. The number of hydrogen-bond donors (Lipinski definition) is 1. The molecule has 0 radical (unpaired) electrons. The summed E-state index contributed by atoms with van der Waals surface area (Å²) >= 11 is 0. The van der Waals surface area contributed by atoms with Gasteiger partial charge in [0.1, 0.15) is 0 Å². The Morgan fingerprint density at radius 2 is 2.11 bits per heavy atom. The maximum Gasteiger partial charge on any atom is 0.180 e. The Morgan fingerprint density at radius 1 is 1.37 bits per heavy atom. The van der Waals surface area contributed by atoms with Gasteiger partial charge in [0.2, 0.25) is 0 Å². The molecule has 1 saturated heterocycles. The minimum Gasteiger partial charge on any atom is -0.394 e. The van der Waals surface area contributed by atoms with Crippen LogP contribution in [-0.4, -0.2) is 38.5 Å². The summed E-state index contributed by atoms with van der Waals surface area (Å²) in [6, 6.07) is 7.17. The van der Waals surface area contributed by atoms with Crippen molar-refractivity contribution < 1.29 is 13.5 Å². The van der Waals surface area contributed by atoms with Gasteiger partial charge in [-0.25, -0.2) is 8.42 Å². The molecule has 2 rings (SSSR count). The zero-order chi connectivity index (χ0) is 13.9. The monoisotopic (exact) mass is 283 g/mol. The number of benzene rings is 1. The molecule has 1 unspecified atom stereocenters. The summed E-state index contributed by atoms with van der Waals surface area (Å²) in [6.07, 6.45) is 2.52. The van der Waals surface area contributed by atoms with Crippen LogP contribution in [0.4, 0.5) is 5.69 Å². The van der Waals surface area contributed by atoms with E-state index in [4.69, 9.17) is 0 Å². The highest BCUT2D eigenvalue weighted by Crippen LogP contribution is 2.31. The minimum atomic E-state index is -3.23. The maximum atomic E-state index is 12.3. The van der Waals surface area contributed by atoms with Crippen LogP contribution < -0.4 is 4.90 Å². The Morgan fingerprint density at radius 3 is 2.79 bits per heavy atom. The quantitative estimate of drug-likeness (QED) is 0.895. The molecular weight excluding hydrogens is 262 g/mol. The molecule has 0 aromatic heterocycles. The zero-order valence-electron chi connectivity index (χ0n) is 11.2. The van der Waals surface area contributed by atoms with E-state index in [1.165, 1.54) is 0 Å². The molecule has 106 valence electrons. The lowest BCUT2D eigenvalue weighted by Crippen LogP contribution is -2.33. The van der Waals surface area contributed by atoms with Crippen LogP contribution in [-0.2, 0) is 9.84 Å². The summed E-state index contributed by atoms with van der Waals surface area (Å²) in [4.78, 5) is 2.43. The Balaban J connectivity index is 2.42. The molecule has 5 heteroatoms. The fourth-order valence-electron chi connectivity index (χ4n) is 2.68. The van der Waals surface area contributed by atoms with Gasteiger partial charge in [0.15, 0.2) is 9.84 Å². The summed E-state index contributed by atoms with van der Waals surface area (Å²) in [6.45, 7) is 2.75. The van der Waals surface area contributed by atoms with E-state index >= 15 is 0 Å². The van der Waals surface area contributed by atoms with Crippen LogP contribution in [0.25, 0.3) is 0 Å². The van der Waals surface area contributed by atoms with Gasteiger partial charge in [-0.2, -0.15) is 0 Å². The number of hydrogen-bond acceptors (Lipinski definition) is 4. The second-order valence-electron chi connectivity index (χ2n) is 4.96. The van der Waals surface area contributed by atoms with Crippen LogP contribution in [0.2, 0.25) is 0 Å². The Hall–Kier alpha value is -1.07. The fraction of sp³-hybridized carbons (Fsp3) is 0.571. The number of aliphatic hydroxyl groups excluding tert-OH is 1. The first-order valence-electron chi connectivity index (χ1n) is 6.79. The highest BCUT2D eigenvalue weighted by atomic mass is 32.2. The lowest BCUT2D eigenvalue weighted by molar-refractivity contribution is 0.266. The maximum absolute atomic E-state index is 12.3. The first-order valence-corrected chi connectivity index (χ1v) is 8.44. The molecule has 0 saturated carbocycles. The second-order valence-corrected chi connectivity index (χ2v) is 7.04. The molecule has 1 N–H and O–H groups in total. The lowest BCUT2D eigenvalue weighted by atomic mass is 10.2. The summed E-state index contributed by atoms with van der Waals surface area (Å²) in [5.74, 6) is 0.168. The number of aliphatic hydroxyl groups is 1. The molecule has 4 nitrogen and oxygen atoms in total. The Labute approximate surface area is 115 Å². The van der Waals surface area contributed by atoms with Crippen molar-refractivity contribution in [2.75, 3.05) is 23.8 Å². The van der Waals surface area contributed by atoms with Crippen molar-refractivity contribution in [3.05, 3.63) is 24.3 Å². The van der Waals surface area contributed by atoms with Crippen LogP contribution >= 0.6 is 0 Å². The van der Waals surface area contributed by atoms with Gasteiger partial charge in [-0.15, -0.1) is 0 Å². The van der Waals surface area contributed by atoms with Crippen LogP contribution in [0, 0.1) is 0 Å². The summed E-state index contributed by atoms with van der Waals surface area (Å²) < 4.78 is 24.6. The molecule has 0 bridgehead atoms. The third-order valence-corrected chi connectivity index (χ3v) is 5.53. The molecule has 1 aromatic rings. The van der Waals surface area contributed by atoms with E-state index in [2.05, 4.69) is 0 Å². The minimum absolute atomic E-state index is 0.0398. The van der Waals surface area contributed by atoms with Gasteiger partial charge < -0.3 is 10.0 Å². The van der Waals surface area contributed by atoms with Gasteiger partial charge in [0, 0.05) is 6.54 Å². The molecule has 1 heterocycles. The van der Waals surface area contributed by atoms with Crippen LogP contribution in [0.5, 0.6) is 0 Å². The Bertz CT molecular complexity index is 527. The van der Waals surface area contributed by atoms with Gasteiger partial charge in [-0.3, -0.25) is 0 Å². The predicted molar refractivity (Wildman–Crippen MR) is 76.2 cm³/mol. The van der Waals surface area contributed by atoms with E-state index in [0.29, 0.717) is 11.3 Å². The molecule has 1 atom stereocenters. The summed E-state index contributed by atoms with van der Waals surface area (Å²) in [5.41, 5.74) is 0.743. The molecule has 1 fully saturated rings. The highest BCUT2D eigenvalue weighted by Gasteiger charge is 2.28. The number of nitrogens with zero attached hydrogens (tertiary/aromatic N) is 1. The highest BCUT2D eigenvalue weighted by molar-refractivity contribution is 7.91. The molecule has 0 aliphatic carbocycles. The molecule has 0 amide bonds. The smallest absolute Gasteiger partial charge is 0.180 e. The molecule has 1 aliphatic heterocycles. The molecule has 1 aliphatic rings. The van der Waals surface area contributed by atoms with Gasteiger partial charge >= 0.3 is 0 Å².